The van der Waals surface area contributed by atoms with Crippen LogP contribution < -0.4 is 19.7 Å². The summed E-state index contributed by atoms with van der Waals surface area (Å²) in [5.74, 6) is 2.77. The Hall–Kier alpha value is -3.55. The fourth-order valence-corrected chi connectivity index (χ4v) is 3.71. The lowest BCUT2D eigenvalue weighted by atomic mass is 10.2. The molecular weight excluding hydrogens is 394 g/mol. The number of anilines is 2. The highest BCUT2D eigenvalue weighted by molar-refractivity contribution is 6.02. The number of methoxy groups -OCH3 is 2. The number of carbonyl (C=O) groups excluding carboxylic acids is 1. The highest BCUT2D eigenvalue weighted by Gasteiger charge is 2.24. The molecule has 2 aromatic carbocycles. The molecule has 0 unspecified atom stereocenters. The number of hydrogen-bond donors (Lipinski definition) is 1. The van der Waals surface area contributed by atoms with Gasteiger partial charge in [0.25, 0.3) is 0 Å². The van der Waals surface area contributed by atoms with Crippen molar-refractivity contribution in [3.63, 3.8) is 0 Å². The summed E-state index contributed by atoms with van der Waals surface area (Å²) in [6, 6.07) is 14.4. The zero-order valence-electron chi connectivity index (χ0n) is 17.9. The smallest absolute Gasteiger partial charge is 0.326 e. The number of rotatable bonds is 6. The van der Waals surface area contributed by atoms with Gasteiger partial charge in [-0.15, -0.1) is 0 Å². The summed E-state index contributed by atoms with van der Waals surface area (Å²) >= 11 is 0. The Morgan fingerprint density at radius 3 is 2.71 bits per heavy atom. The van der Waals surface area contributed by atoms with Gasteiger partial charge in [-0.25, -0.2) is 14.5 Å². The van der Waals surface area contributed by atoms with E-state index < -0.39 is 0 Å². The van der Waals surface area contributed by atoms with Gasteiger partial charge < -0.3 is 14.8 Å². The van der Waals surface area contributed by atoms with E-state index in [0.29, 0.717) is 28.7 Å². The number of carbonyl (C=O) groups is 1. The molecule has 0 saturated heterocycles. The maximum atomic E-state index is 13.3. The lowest BCUT2D eigenvalue weighted by molar-refractivity contribution is 0.256. The number of nitrogens with one attached hydrogen (secondary N) is 1. The average Bonchev–Trinajstić information content (AvgIpc) is 3.05. The number of para-hydroxylation sites is 1. The molecule has 2 amide bonds. The van der Waals surface area contributed by atoms with E-state index in [-0.39, 0.29) is 12.6 Å². The predicted octanol–water partition coefficient (Wildman–Crippen LogP) is 4.26. The Bertz CT molecular complexity index is 1010. The zero-order chi connectivity index (χ0) is 21.6. The minimum absolute atomic E-state index is 0.211. The van der Waals surface area contributed by atoms with Gasteiger partial charge in [-0.2, -0.15) is 5.10 Å². The van der Waals surface area contributed by atoms with Gasteiger partial charge in [0.15, 0.2) is 5.82 Å². The minimum atomic E-state index is -0.303. The molecule has 0 fully saturated rings. The van der Waals surface area contributed by atoms with Crippen molar-refractivity contribution >= 4 is 17.4 Å². The highest BCUT2D eigenvalue weighted by atomic mass is 16.5. The molecule has 8 heteroatoms. The Morgan fingerprint density at radius 2 is 1.94 bits per heavy atom. The number of nitrogens with zero attached hydrogens (tertiary/aromatic N) is 4. The summed E-state index contributed by atoms with van der Waals surface area (Å²) in [6.07, 6.45) is 4.30. The molecule has 1 N–H and O–H groups in total. The summed E-state index contributed by atoms with van der Waals surface area (Å²) in [4.78, 5) is 19.6. The van der Waals surface area contributed by atoms with Crippen molar-refractivity contribution < 1.29 is 14.3 Å². The van der Waals surface area contributed by atoms with Crippen LogP contribution >= 0.6 is 0 Å². The van der Waals surface area contributed by atoms with Crippen LogP contribution in [0.3, 0.4) is 0 Å². The molecule has 1 aromatic heterocycles. The van der Waals surface area contributed by atoms with Crippen LogP contribution in [0.2, 0.25) is 0 Å². The average molecular weight is 422 g/mol. The topological polar surface area (TPSA) is 81.5 Å². The minimum Gasteiger partial charge on any atom is -0.497 e. The first kappa shape index (κ1) is 20.7. The Balaban J connectivity index is 1.68. The molecule has 0 atom stereocenters. The maximum Gasteiger partial charge on any atom is 0.326 e. The van der Waals surface area contributed by atoms with Gasteiger partial charge in [-0.3, -0.25) is 4.90 Å². The maximum absolute atomic E-state index is 13.3. The molecule has 31 heavy (non-hydrogen) atoms. The number of hydrogen-bond acceptors (Lipinski definition) is 5. The van der Waals surface area contributed by atoms with Crippen LogP contribution in [-0.2, 0) is 19.5 Å². The molecule has 0 saturated carbocycles. The number of urea groups is 1. The summed E-state index contributed by atoms with van der Waals surface area (Å²) in [5, 5.41) is 7.62. The molecule has 3 aromatic rings. The SMILES string of the molecule is COc1ccc(OC)c(N(Cc2nc3n(n2)CCCCC3)C(=O)Nc2ccccc2)c1. The second kappa shape index (κ2) is 9.51. The first-order chi connectivity index (χ1) is 15.2. The van der Waals surface area contributed by atoms with Gasteiger partial charge in [0.05, 0.1) is 26.5 Å². The van der Waals surface area contributed by atoms with Crippen molar-refractivity contribution in [1.82, 2.24) is 14.8 Å². The second-order valence-electron chi connectivity index (χ2n) is 7.40. The van der Waals surface area contributed by atoms with E-state index >= 15 is 0 Å². The van der Waals surface area contributed by atoms with E-state index in [1.165, 1.54) is 6.42 Å². The summed E-state index contributed by atoms with van der Waals surface area (Å²) in [7, 11) is 3.17. The third-order valence-corrected chi connectivity index (χ3v) is 5.31. The van der Waals surface area contributed by atoms with Gasteiger partial charge in [-0.1, -0.05) is 24.6 Å². The van der Waals surface area contributed by atoms with Gasteiger partial charge in [0.1, 0.15) is 17.3 Å². The van der Waals surface area contributed by atoms with E-state index in [1.807, 2.05) is 35.0 Å². The van der Waals surface area contributed by atoms with Crippen molar-refractivity contribution in [3.8, 4) is 11.5 Å². The normalized spacial score (nSPS) is 13.1. The quantitative estimate of drug-likeness (QED) is 0.643. The summed E-state index contributed by atoms with van der Waals surface area (Å²) in [5.41, 5.74) is 1.29. The molecule has 1 aliphatic rings. The molecule has 4 rings (SSSR count). The van der Waals surface area contributed by atoms with Gasteiger partial charge in [0, 0.05) is 24.7 Å². The molecule has 0 bridgehead atoms. The fraction of sp³-hybridized carbons (Fsp3) is 0.348. The van der Waals surface area contributed by atoms with Crippen molar-refractivity contribution in [1.29, 1.82) is 0 Å². The number of aromatic nitrogens is 3. The second-order valence-corrected chi connectivity index (χ2v) is 7.40. The van der Waals surface area contributed by atoms with E-state index in [9.17, 15) is 4.79 Å². The zero-order valence-corrected chi connectivity index (χ0v) is 17.9. The largest absolute Gasteiger partial charge is 0.497 e. The summed E-state index contributed by atoms with van der Waals surface area (Å²) in [6.45, 7) is 1.07. The number of amides is 2. The van der Waals surface area contributed by atoms with Crippen molar-refractivity contribution in [2.45, 2.75) is 38.8 Å². The molecule has 1 aliphatic heterocycles. The molecule has 2 heterocycles. The molecule has 0 radical (unpaired) electrons. The van der Waals surface area contributed by atoms with Crippen LogP contribution in [-0.4, -0.2) is 35.0 Å². The first-order valence-electron chi connectivity index (χ1n) is 10.5. The fourth-order valence-electron chi connectivity index (χ4n) is 3.71. The monoisotopic (exact) mass is 421 g/mol. The first-order valence-corrected chi connectivity index (χ1v) is 10.5. The number of benzene rings is 2. The number of ether oxygens (including phenoxy) is 2. The van der Waals surface area contributed by atoms with Crippen LogP contribution in [0.1, 0.15) is 30.9 Å². The third kappa shape index (κ3) is 4.79. The van der Waals surface area contributed by atoms with E-state index in [1.54, 1.807) is 37.3 Å². The van der Waals surface area contributed by atoms with E-state index in [0.717, 1.165) is 31.6 Å². The number of fused-ring (bicyclic) bond motifs is 1. The van der Waals surface area contributed by atoms with Crippen molar-refractivity contribution in [2.75, 3.05) is 24.4 Å². The lowest BCUT2D eigenvalue weighted by Crippen LogP contribution is -2.35. The van der Waals surface area contributed by atoms with Crippen LogP contribution in [0.4, 0.5) is 16.2 Å². The van der Waals surface area contributed by atoms with Crippen LogP contribution in [0, 0.1) is 0 Å². The molecule has 8 nitrogen and oxygen atoms in total. The van der Waals surface area contributed by atoms with Gasteiger partial charge in [0.2, 0.25) is 0 Å². The van der Waals surface area contributed by atoms with Crippen molar-refractivity contribution in [2.24, 2.45) is 0 Å². The predicted molar refractivity (Wildman–Crippen MR) is 119 cm³/mol. The number of aryl methyl sites for hydroxylation is 2. The molecule has 162 valence electrons. The van der Waals surface area contributed by atoms with Crippen LogP contribution in [0.25, 0.3) is 0 Å². The lowest BCUT2D eigenvalue weighted by Gasteiger charge is -2.24. The molecule has 0 aliphatic carbocycles. The highest BCUT2D eigenvalue weighted by Crippen LogP contribution is 2.33. The van der Waals surface area contributed by atoms with Crippen LogP contribution in [0.15, 0.2) is 48.5 Å². The Morgan fingerprint density at radius 1 is 1.10 bits per heavy atom. The standard InChI is InChI=1S/C23H27N5O3/c1-30-18-12-13-20(31-2)19(15-18)27(23(29)24-17-9-5-3-6-10-17)16-21-25-22-11-7-4-8-14-28(22)26-21/h3,5-6,9-10,12-13,15H,4,7-8,11,14,16H2,1-2H3,(H,24,29). The van der Waals surface area contributed by atoms with E-state index in [4.69, 9.17) is 14.5 Å². The molecule has 0 spiro atoms. The van der Waals surface area contributed by atoms with E-state index in [2.05, 4.69) is 10.4 Å². The van der Waals surface area contributed by atoms with Crippen LogP contribution in [0.5, 0.6) is 11.5 Å². The molecular formula is C23H27N5O3. The Labute approximate surface area is 181 Å². The Kier molecular flexibility index (Phi) is 6.35. The van der Waals surface area contributed by atoms with Gasteiger partial charge in [-0.05, 0) is 37.1 Å². The van der Waals surface area contributed by atoms with Crippen molar-refractivity contribution in [3.05, 3.63) is 60.2 Å². The summed E-state index contributed by atoms with van der Waals surface area (Å²) < 4.78 is 12.9. The third-order valence-electron chi connectivity index (χ3n) is 5.31. The van der Waals surface area contributed by atoms with Gasteiger partial charge >= 0.3 is 6.03 Å².